The van der Waals surface area contributed by atoms with E-state index in [1.54, 1.807) is 17.7 Å². The Morgan fingerprint density at radius 2 is 1.79 bits per heavy atom. The van der Waals surface area contributed by atoms with Crippen molar-refractivity contribution >= 4 is 22.9 Å². The molecule has 3 aromatic heterocycles. The molecule has 5 aromatic rings. The first-order chi connectivity index (χ1) is 16.4. The van der Waals surface area contributed by atoms with Crippen molar-refractivity contribution in [1.29, 1.82) is 0 Å². The van der Waals surface area contributed by atoms with Crippen LogP contribution in [-0.2, 0) is 23.1 Å². The fourth-order valence-electron chi connectivity index (χ4n) is 4.05. The molecule has 0 unspecified atom stereocenters. The third-order valence-corrected chi connectivity index (χ3v) is 5.75. The molecule has 3 heterocycles. The Morgan fingerprint density at radius 1 is 1.03 bits per heavy atom. The molecule has 0 saturated heterocycles. The zero-order chi connectivity index (χ0) is 24.0. The monoisotopic (exact) mass is 459 g/mol. The van der Waals surface area contributed by atoms with E-state index in [1.807, 2.05) is 59.2 Å². The Balaban J connectivity index is 1.90. The standard InChI is InChI=1S/C24H21N5O5/c1-26-21-20(22(31)28(24(26)32)14-19(30)34-3)27-13-18(15-8-5-4-6-9-15)29(23(27)25-21)16-10-7-11-17(12-16)33-2/h4-13H,14H2,1-3H3. The van der Waals surface area contributed by atoms with Crippen molar-refractivity contribution in [2.75, 3.05) is 14.2 Å². The van der Waals surface area contributed by atoms with Gasteiger partial charge < -0.3 is 9.47 Å². The molecule has 172 valence electrons. The smallest absolute Gasteiger partial charge is 0.333 e. The van der Waals surface area contributed by atoms with E-state index in [-0.39, 0.29) is 11.2 Å². The van der Waals surface area contributed by atoms with Gasteiger partial charge in [0.05, 0.1) is 25.6 Å². The summed E-state index contributed by atoms with van der Waals surface area (Å²) in [5.74, 6) is 0.399. The normalized spacial score (nSPS) is 11.3. The summed E-state index contributed by atoms with van der Waals surface area (Å²) in [5, 5.41) is 0. The first kappa shape index (κ1) is 21.3. The Hall–Kier alpha value is -4.60. The molecule has 0 spiro atoms. The number of carbonyl (C=O) groups is 1. The van der Waals surface area contributed by atoms with Gasteiger partial charge in [0.25, 0.3) is 5.56 Å². The van der Waals surface area contributed by atoms with Crippen molar-refractivity contribution in [1.82, 2.24) is 23.1 Å². The Kier molecular flexibility index (Phi) is 5.05. The van der Waals surface area contributed by atoms with Gasteiger partial charge in [0.1, 0.15) is 12.3 Å². The second kappa shape index (κ2) is 8.07. The minimum Gasteiger partial charge on any atom is -0.497 e. The van der Waals surface area contributed by atoms with Crippen LogP contribution in [0.15, 0.2) is 70.4 Å². The lowest BCUT2D eigenvalue weighted by atomic mass is 10.1. The van der Waals surface area contributed by atoms with Gasteiger partial charge in [0.15, 0.2) is 11.2 Å². The summed E-state index contributed by atoms with van der Waals surface area (Å²) in [6.45, 7) is -0.493. The van der Waals surface area contributed by atoms with Gasteiger partial charge in [-0.2, -0.15) is 4.98 Å². The lowest BCUT2D eigenvalue weighted by Crippen LogP contribution is -2.41. The van der Waals surface area contributed by atoms with Crippen molar-refractivity contribution in [2.24, 2.45) is 7.05 Å². The molecule has 0 bridgehead atoms. The zero-order valence-corrected chi connectivity index (χ0v) is 18.8. The van der Waals surface area contributed by atoms with E-state index in [1.165, 1.54) is 18.7 Å². The van der Waals surface area contributed by atoms with Gasteiger partial charge in [-0.25, -0.2) is 9.36 Å². The van der Waals surface area contributed by atoms with Crippen molar-refractivity contribution in [3.8, 4) is 22.7 Å². The van der Waals surface area contributed by atoms with Crippen LogP contribution in [0.5, 0.6) is 5.75 Å². The highest BCUT2D eigenvalue weighted by Gasteiger charge is 2.23. The average Bonchev–Trinajstić information content (AvgIpc) is 3.42. The number of hydrogen-bond acceptors (Lipinski definition) is 6. The number of imidazole rings is 2. The lowest BCUT2D eigenvalue weighted by molar-refractivity contribution is -0.141. The van der Waals surface area contributed by atoms with Crippen LogP contribution >= 0.6 is 0 Å². The SMILES string of the molecule is COC(=O)Cn1c(=O)c2c(nc3n(-c4cccc(OC)c4)c(-c4ccccc4)cn23)n(C)c1=O. The summed E-state index contributed by atoms with van der Waals surface area (Å²) in [6.07, 6.45) is 1.80. The number of methoxy groups -OCH3 is 2. The third-order valence-electron chi connectivity index (χ3n) is 5.75. The zero-order valence-electron chi connectivity index (χ0n) is 18.8. The van der Waals surface area contributed by atoms with Crippen molar-refractivity contribution in [2.45, 2.75) is 6.54 Å². The van der Waals surface area contributed by atoms with Gasteiger partial charge in [0, 0.05) is 24.9 Å². The molecule has 0 amide bonds. The predicted molar refractivity (Wildman–Crippen MR) is 126 cm³/mol. The van der Waals surface area contributed by atoms with Crippen LogP contribution in [-0.4, -0.2) is 43.3 Å². The number of esters is 1. The van der Waals surface area contributed by atoms with Gasteiger partial charge >= 0.3 is 11.7 Å². The predicted octanol–water partition coefficient (Wildman–Crippen LogP) is 1.99. The summed E-state index contributed by atoms with van der Waals surface area (Å²) in [6, 6.07) is 17.1. The van der Waals surface area contributed by atoms with E-state index in [2.05, 4.69) is 9.72 Å². The topological polar surface area (TPSA) is 102 Å². The molecule has 0 saturated carbocycles. The van der Waals surface area contributed by atoms with Crippen molar-refractivity contribution in [3.63, 3.8) is 0 Å². The highest BCUT2D eigenvalue weighted by atomic mass is 16.5. The number of nitrogens with zero attached hydrogens (tertiary/aromatic N) is 5. The Bertz CT molecular complexity index is 1670. The minimum absolute atomic E-state index is 0.180. The molecule has 0 radical (unpaired) electrons. The van der Waals surface area contributed by atoms with Gasteiger partial charge in [-0.15, -0.1) is 0 Å². The Morgan fingerprint density at radius 3 is 2.50 bits per heavy atom. The van der Waals surface area contributed by atoms with E-state index in [4.69, 9.17) is 4.74 Å². The first-order valence-corrected chi connectivity index (χ1v) is 10.4. The summed E-state index contributed by atoms with van der Waals surface area (Å²) < 4.78 is 15.7. The summed E-state index contributed by atoms with van der Waals surface area (Å²) in [5.41, 5.74) is 1.57. The second-order valence-corrected chi connectivity index (χ2v) is 7.68. The largest absolute Gasteiger partial charge is 0.497 e. The number of rotatable bonds is 5. The molecular formula is C24H21N5O5. The van der Waals surface area contributed by atoms with Crippen LogP contribution in [0.3, 0.4) is 0 Å². The molecule has 34 heavy (non-hydrogen) atoms. The van der Waals surface area contributed by atoms with E-state index >= 15 is 0 Å². The molecule has 0 aliphatic rings. The number of fused-ring (bicyclic) bond motifs is 3. The van der Waals surface area contributed by atoms with E-state index in [0.29, 0.717) is 11.5 Å². The lowest BCUT2D eigenvalue weighted by Gasteiger charge is -2.10. The molecule has 10 heteroatoms. The van der Waals surface area contributed by atoms with Crippen LogP contribution in [0.4, 0.5) is 0 Å². The molecule has 0 aliphatic heterocycles. The van der Waals surface area contributed by atoms with Crippen LogP contribution in [0, 0.1) is 0 Å². The highest BCUT2D eigenvalue weighted by Crippen LogP contribution is 2.30. The van der Waals surface area contributed by atoms with Gasteiger partial charge in [-0.3, -0.25) is 23.1 Å². The number of benzene rings is 2. The molecule has 2 aromatic carbocycles. The quantitative estimate of drug-likeness (QED) is 0.373. The number of aromatic nitrogens is 5. The van der Waals surface area contributed by atoms with E-state index in [9.17, 15) is 14.4 Å². The van der Waals surface area contributed by atoms with Gasteiger partial charge in [-0.1, -0.05) is 36.4 Å². The molecule has 0 aliphatic carbocycles. The maximum absolute atomic E-state index is 13.4. The second-order valence-electron chi connectivity index (χ2n) is 7.68. The van der Waals surface area contributed by atoms with Crippen LogP contribution in [0.25, 0.3) is 33.9 Å². The minimum atomic E-state index is -0.696. The van der Waals surface area contributed by atoms with Crippen molar-refractivity contribution in [3.05, 3.63) is 81.6 Å². The van der Waals surface area contributed by atoms with Gasteiger partial charge in [0.2, 0.25) is 5.78 Å². The molecule has 5 rings (SSSR count). The fraction of sp³-hybridized carbons (Fsp3) is 0.167. The van der Waals surface area contributed by atoms with Crippen LogP contribution < -0.4 is 16.0 Å². The molecular weight excluding hydrogens is 438 g/mol. The number of hydrogen-bond donors (Lipinski definition) is 0. The molecule has 0 N–H and O–H groups in total. The van der Waals surface area contributed by atoms with Crippen LogP contribution in [0.2, 0.25) is 0 Å². The molecule has 0 atom stereocenters. The molecule has 0 fully saturated rings. The Labute approximate surface area is 192 Å². The number of ether oxygens (including phenoxy) is 2. The summed E-state index contributed by atoms with van der Waals surface area (Å²) >= 11 is 0. The maximum atomic E-state index is 13.4. The number of carbonyl (C=O) groups excluding carboxylic acids is 1. The number of aryl methyl sites for hydroxylation is 1. The summed E-state index contributed by atoms with van der Waals surface area (Å²) in [4.78, 5) is 42.7. The maximum Gasteiger partial charge on any atom is 0.333 e. The summed E-state index contributed by atoms with van der Waals surface area (Å²) in [7, 11) is 4.30. The van der Waals surface area contributed by atoms with Crippen molar-refractivity contribution < 1.29 is 14.3 Å². The van der Waals surface area contributed by atoms with E-state index in [0.717, 1.165) is 21.5 Å². The van der Waals surface area contributed by atoms with Crippen LogP contribution in [0.1, 0.15) is 0 Å². The highest BCUT2D eigenvalue weighted by molar-refractivity contribution is 5.80. The fourth-order valence-corrected chi connectivity index (χ4v) is 4.05. The van der Waals surface area contributed by atoms with Gasteiger partial charge in [-0.05, 0) is 12.1 Å². The molecule has 10 nitrogen and oxygen atoms in total. The average molecular weight is 459 g/mol. The van der Waals surface area contributed by atoms with E-state index < -0.39 is 23.8 Å². The first-order valence-electron chi connectivity index (χ1n) is 10.4. The third kappa shape index (κ3) is 3.19.